The summed E-state index contributed by atoms with van der Waals surface area (Å²) in [5.74, 6) is -0.722. The van der Waals surface area contributed by atoms with Crippen molar-refractivity contribution in [2.75, 3.05) is 19.6 Å². The number of aliphatic hydroxyl groups is 1. The van der Waals surface area contributed by atoms with E-state index in [9.17, 15) is 14.7 Å². The first kappa shape index (κ1) is 18.9. The molecule has 0 aromatic heterocycles. The number of carbonyl (C=O) groups excluding carboxylic acids is 2. The van der Waals surface area contributed by atoms with Crippen molar-refractivity contribution in [3.63, 3.8) is 0 Å². The average Bonchev–Trinajstić information content (AvgIpc) is 2.66. The molecule has 3 aliphatic rings. The van der Waals surface area contributed by atoms with Gasteiger partial charge in [0.1, 0.15) is 0 Å². The standard InChI is InChI=1S/C20H28N3O3/c21-19(25)17(12-16(24)7-6-14-4-2-1-3-5-14)20(26)22-18-13-23-10-8-15(18)9-11-23/h1-5,15-16,18,24H,6-13H2,(H2,21,25)(H,22,26)/t16-,18?/m0/s1. The molecular weight excluding hydrogens is 330 g/mol. The van der Waals surface area contributed by atoms with E-state index in [2.05, 4.69) is 10.2 Å². The van der Waals surface area contributed by atoms with Crippen LogP contribution in [0.15, 0.2) is 30.3 Å². The average molecular weight is 358 g/mol. The lowest BCUT2D eigenvalue weighted by Crippen LogP contribution is -2.58. The molecule has 141 valence electrons. The van der Waals surface area contributed by atoms with E-state index in [0.29, 0.717) is 18.8 Å². The molecule has 1 aromatic rings. The molecule has 1 aromatic carbocycles. The smallest absolute Gasteiger partial charge is 0.237 e. The molecule has 6 heteroatoms. The van der Waals surface area contributed by atoms with Crippen LogP contribution in [0.2, 0.25) is 0 Å². The lowest BCUT2D eigenvalue weighted by molar-refractivity contribution is -0.127. The second-order valence-electron chi connectivity index (χ2n) is 7.44. The highest BCUT2D eigenvalue weighted by Crippen LogP contribution is 2.28. The molecule has 2 atom stereocenters. The Kier molecular flexibility index (Phi) is 6.27. The van der Waals surface area contributed by atoms with Crippen LogP contribution in [-0.2, 0) is 16.0 Å². The lowest BCUT2D eigenvalue weighted by atomic mass is 9.83. The summed E-state index contributed by atoms with van der Waals surface area (Å²) in [6.45, 7) is 3.00. The van der Waals surface area contributed by atoms with Crippen molar-refractivity contribution >= 4 is 11.8 Å². The van der Waals surface area contributed by atoms with Gasteiger partial charge in [0.2, 0.25) is 11.8 Å². The number of nitrogens with two attached hydrogens (primary N) is 1. The van der Waals surface area contributed by atoms with Crippen molar-refractivity contribution in [1.82, 2.24) is 10.2 Å². The van der Waals surface area contributed by atoms with Gasteiger partial charge in [0.15, 0.2) is 5.92 Å². The molecule has 3 aliphatic heterocycles. The fourth-order valence-corrected chi connectivity index (χ4v) is 4.00. The van der Waals surface area contributed by atoms with Crippen molar-refractivity contribution in [1.29, 1.82) is 0 Å². The number of amides is 2. The second-order valence-corrected chi connectivity index (χ2v) is 7.44. The summed E-state index contributed by atoms with van der Waals surface area (Å²) in [6.07, 6.45) is 2.56. The predicted molar refractivity (Wildman–Crippen MR) is 98.9 cm³/mol. The highest BCUT2D eigenvalue weighted by atomic mass is 16.3. The number of benzene rings is 1. The van der Waals surface area contributed by atoms with Gasteiger partial charge >= 0.3 is 0 Å². The van der Waals surface area contributed by atoms with Gasteiger partial charge in [-0.1, -0.05) is 30.3 Å². The van der Waals surface area contributed by atoms with Gasteiger partial charge in [-0.15, -0.1) is 0 Å². The third-order valence-corrected chi connectivity index (χ3v) is 5.59. The van der Waals surface area contributed by atoms with Crippen molar-refractivity contribution in [3.8, 4) is 0 Å². The summed E-state index contributed by atoms with van der Waals surface area (Å²) >= 11 is 0. The van der Waals surface area contributed by atoms with E-state index in [1.165, 1.54) is 0 Å². The highest BCUT2D eigenvalue weighted by molar-refractivity contribution is 6.13. The van der Waals surface area contributed by atoms with Crippen LogP contribution < -0.4 is 11.1 Å². The van der Waals surface area contributed by atoms with Crippen molar-refractivity contribution < 1.29 is 14.7 Å². The van der Waals surface area contributed by atoms with Crippen LogP contribution in [0.1, 0.15) is 31.2 Å². The number of nitrogens with zero attached hydrogens (tertiary/aromatic N) is 1. The Morgan fingerprint density at radius 2 is 1.92 bits per heavy atom. The molecule has 2 amide bonds. The number of hydrogen-bond donors (Lipinski definition) is 3. The molecule has 1 unspecified atom stereocenters. The number of aliphatic hydroxyl groups excluding tert-OH is 1. The monoisotopic (exact) mass is 358 g/mol. The minimum Gasteiger partial charge on any atom is -0.393 e. The Labute approximate surface area is 154 Å². The largest absolute Gasteiger partial charge is 0.393 e. The quantitative estimate of drug-likeness (QED) is 0.594. The van der Waals surface area contributed by atoms with Crippen molar-refractivity contribution in [2.24, 2.45) is 11.7 Å². The van der Waals surface area contributed by atoms with Crippen molar-refractivity contribution in [2.45, 2.75) is 44.2 Å². The van der Waals surface area contributed by atoms with E-state index >= 15 is 0 Å². The number of hydrogen-bond acceptors (Lipinski definition) is 4. The summed E-state index contributed by atoms with van der Waals surface area (Å²) < 4.78 is 0. The zero-order valence-corrected chi connectivity index (χ0v) is 15.1. The first-order chi connectivity index (χ1) is 12.5. The van der Waals surface area contributed by atoms with E-state index < -0.39 is 17.9 Å². The predicted octanol–water partition coefficient (Wildman–Crippen LogP) is 0.640. The summed E-state index contributed by atoms with van der Waals surface area (Å²) in [6, 6.07) is 9.89. The van der Waals surface area contributed by atoms with Gasteiger partial charge in [0, 0.05) is 12.6 Å². The zero-order chi connectivity index (χ0) is 18.5. The normalized spacial score (nSPS) is 25.8. The Morgan fingerprint density at radius 3 is 2.50 bits per heavy atom. The minimum absolute atomic E-state index is 0.00486. The molecule has 0 aliphatic carbocycles. The summed E-state index contributed by atoms with van der Waals surface area (Å²) in [5, 5.41) is 13.3. The van der Waals surface area contributed by atoms with Crippen LogP contribution in [0.4, 0.5) is 0 Å². The number of aryl methyl sites for hydroxylation is 1. The number of nitrogens with one attached hydrogen (secondary N) is 1. The number of rotatable bonds is 8. The minimum atomic E-state index is -0.769. The molecule has 26 heavy (non-hydrogen) atoms. The number of carbonyl (C=O) groups is 2. The molecule has 4 N–H and O–H groups in total. The fraction of sp³-hybridized carbons (Fsp3) is 0.550. The van der Waals surface area contributed by atoms with Crippen LogP contribution in [0.5, 0.6) is 0 Å². The van der Waals surface area contributed by atoms with Crippen molar-refractivity contribution in [3.05, 3.63) is 41.8 Å². The number of piperidine rings is 3. The topological polar surface area (TPSA) is 95.7 Å². The van der Waals surface area contributed by atoms with Gasteiger partial charge in [-0.3, -0.25) is 9.59 Å². The van der Waals surface area contributed by atoms with Crippen LogP contribution in [0, 0.1) is 11.8 Å². The third kappa shape index (κ3) is 4.83. The Morgan fingerprint density at radius 1 is 1.23 bits per heavy atom. The van der Waals surface area contributed by atoms with E-state index in [-0.39, 0.29) is 18.4 Å². The van der Waals surface area contributed by atoms with Crippen LogP contribution >= 0.6 is 0 Å². The third-order valence-electron chi connectivity index (χ3n) is 5.59. The van der Waals surface area contributed by atoms with Gasteiger partial charge in [-0.2, -0.15) is 0 Å². The summed E-state index contributed by atoms with van der Waals surface area (Å²) in [7, 11) is 0. The Balaban J connectivity index is 1.51. The van der Waals surface area contributed by atoms with Gasteiger partial charge in [-0.05, 0) is 56.7 Å². The highest BCUT2D eigenvalue weighted by Gasteiger charge is 2.37. The Bertz CT molecular complexity index is 614. The molecule has 3 heterocycles. The van der Waals surface area contributed by atoms with Gasteiger partial charge in [0.25, 0.3) is 0 Å². The molecule has 6 nitrogen and oxygen atoms in total. The molecule has 3 saturated heterocycles. The maximum atomic E-state index is 12.6. The molecule has 0 spiro atoms. The molecule has 1 radical (unpaired) electrons. The van der Waals surface area contributed by atoms with Gasteiger partial charge in [0.05, 0.1) is 6.10 Å². The van der Waals surface area contributed by atoms with Crippen LogP contribution in [0.3, 0.4) is 0 Å². The first-order valence-corrected chi connectivity index (χ1v) is 9.43. The van der Waals surface area contributed by atoms with E-state index in [1.807, 2.05) is 30.3 Å². The van der Waals surface area contributed by atoms with E-state index in [4.69, 9.17) is 5.73 Å². The molecule has 4 rings (SSSR count). The molecule has 2 bridgehead atoms. The van der Waals surface area contributed by atoms with E-state index in [0.717, 1.165) is 38.0 Å². The number of primary amides is 1. The lowest BCUT2D eigenvalue weighted by Gasteiger charge is -2.45. The second kappa shape index (κ2) is 8.64. The first-order valence-electron chi connectivity index (χ1n) is 9.43. The maximum Gasteiger partial charge on any atom is 0.237 e. The molecular formula is C20H28N3O3. The zero-order valence-electron chi connectivity index (χ0n) is 15.1. The maximum absolute atomic E-state index is 12.6. The molecule has 0 saturated carbocycles. The van der Waals surface area contributed by atoms with Gasteiger partial charge in [-0.25, -0.2) is 0 Å². The van der Waals surface area contributed by atoms with Gasteiger partial charge < -0.3 is 21.1 Å². The van der Waals surface area contributed by atoms with Crippen LogP contribution in [0.25, 0.3) is 0 Å². The summed E-state index contributed by atoms with van der Waals surface area (Å²) in [4.78, 5) is 26.7. The SMILES string of the molecule is NC(=O)[C](C[C@@H](O)CCc1ccccc1)C(=O)NC1C[N@]2CC[C@@H]1CC2. The Hall–Kier alpha value is -1.92. The molecule has 3 fully saturated rings. The number of fused-ring (bicyclic) bond motifs is 3. The van der Waals surface area contributed by atoms with Crippen LogP contribution in [-0.4, -0.2) is 53.6 Å². The fourth-order valence-electron chi connectivity index (χ4n) is 4.00. The summed E-state index contributed by atoms with van der Waals surface area (Å²) in [5.41, 5.74) is 6.53. The van der Waals surface area contributed by atoms with E-state index in [1.54, 1.807) is 0 Å².